The fourth-order valence-electron chi connectivity index (χ4n) is 2.93. The zero-order chi connectivity index (χ0) is 22.2. The zero-order valence-electron chi connectivity index (χ0n) is 16.1. The number of ether oxygens (including phenoxy) is 1. The summed E-state index contributed by atoms with van der Waals surface area (Å²) < 4.78 is 6.13. The molecular formula is C16H23N7O7. The number of aliphatic hydroxyl groups excluding tert-OH is 3. The highest BCUT2D eigenvalue weighted by Gasteiger charge is 2.55. The van der Waals surface area contributed by atoms with Gasteiger partial charge in [0, 0.05) is 0 Å². The molecule has 3 amide bonds. The summed E-state index contributed by atoms with van der Waals surface area (Å²) in [5, 5.41) is 44.6. The molecule has 1 aliphatic rings. The van der Waals surface area contributed by atoms with Crippen LogP contribution in [0.4, 0.5) is 10.6 Å². The predicted molar refractivity (Wildman–Crippen MR) is 99.5 cm³/mol. The van der Waals surface area contributed by atoms with E-state index in [0.29, 0.717) is 0 Å². The minimum atomic E-state index is -2.48. The average molecular weight is 425 g/mol. The third-order valence-electron chi connectivity index (χ3n) is 4.76. The Kier molecular flexibility index (Phi) is 5.98. The molecule has 3 rings (SSSR count). The first-order valence-electron chi connectivity index (χ1n) is 9.03. The molecule has 2 aromatic heterocycles. The van der Waals surface area contributed by atoms with Gasteiger partial charge >= 0.3 is 6.03 Å². The number of rotatable bonds is 5. The van der Waals surface area contributed by atoms with E-state index in [1.807, 2.05) is 0 Å². The van der Waals surface area contributed by atoms with Gasteiger partial charge in [-0.25, -0.2) is 19.7 Å². The highest BCUT2D eigenvalue weighted by atomic mass is 16.7. The Morgan fingerprint density at radius 3 is 2.63 bits per heavy atom. The number of carbonyl (C=O) groups excluding carboxylic acids is 2. The van der Waals surface area contributed by atoms with Crippen LogP contribution < -0.4 is 16.4 Å². The van der Waals surface area contributed by atoms with Crippen molar-refractivity contribution in [3.8, 4) is 0 Å². The molecule has 2 aromatic rings. The van der Waals surface area contributed by atoms with Gasteiger partial charge in [-0.05, 0) is 5.92 Å². The summed E-state index contributed by atoms with van der Waals surface area (Å²) in [5.41, 5.74) is 5.63. The van der Waals surface area contributed by atoms with E-state index >= 15 is 0 Å². The molecule has 0 saturated carbocycles. The van der Waals surface area contributed by atoms with Crippen molar-refractivity contribution >= 4 is 28.9 Å². The van der Waals surface area contributed by atoms with Gasteiger partial charge in [0.25, 0.3) is 5.91 Å². The Balaban J connectivity index is 1.86. The Bertz CT molecular complexity index is 951. The van der Waals surface area contributed by atoms with E-state index in [1.54, 1.807) is 13.8 Å². The number of aliphatic hydroxyl groups is 4. The number of hydrogen-bond donors (Lipinski definition) is 7. The highest BCUT2D eigenvalue weighted by Crippen LogP contribution is 2.35. The Labute approximate surface area is 169 Å². The van der Waals surface area contributed by atoms with Crippen molar-refractivity contribution < 1.29 is 34.8 Å². The largest absolute Gasteiger partial charge is 0.394 e. The van der Waals surface area contributed by atoms with E-state index in [1.165, 1.54) is 0 Å². The summed E-state index contributed by atoms with van der Waals surface area (Å²) in [5.74, 6) is -3.44. The molecule has 0 aromatic carbocycles. The summed E-state index contributed by atoms with van der Waals surface area (Å²) in [6.45, 7) is 2.80. The van der Waals surface area contributed by atoms with Gasteiger partial charge in [-0.3, -0.25) is 20.0 Å². The van der Waals surface area contributed by atoms with E-state index < -0.39 is 48.8 Å². The van der Waals surface area contributed by atoms with Crippen LogP contribution in [-0.2, 0) is 15.4 Å². The number of imide groups is 1. The van der Waals surface area contributed by atoms with Crippen LogP contribution in [0.2, 0.25) is 0 Å². The topological polar surface area (TPSA) is 218 Å². The first kappa shape index (κ1) is 21.9. The third kappa shape index (κ3) is 3.71. The summed E-state index contributed by atoms with van der Waals surface area (Å²) in [4.78, 5) is 35.9. The Hall–Kier alpha value is -2.75. The molecule has 5 atom stereocenters. The van der Waals surface area contributed by atoms with Gasteiger partial charge in [-0.15, -0.1) is 0 Å². The fourth-order valence-corrected chi connectivity index (χ4v) is 2.93. The van der Waals surface area contributed by atoms with Crippen molar-refractivity contribution in [2.45, 2.75) is 44.1 Å². The number of imidazole rings is 1. The summed E-state index contributed by atoms with van der Waals surface area (Å²) in [6.07, 6.45) is -2.54. The summed E-state index contributed by atoms with van der Waals surface area (Å²) >= 11 is 0. The first-order valence-corrected chi connectivity index (χ1v) is 9.03. The molecule has 8 N–H and O–H groups in total. The average Bonchev–Trinajstić information content (AvgIpc) is 3.23. The number of carbonyl (C=O) groups is 2. The van der Waals surface area contributed by atoms with Crippen molar-refractivity contribution in [2.24, 2.45) is 11.7 Å². The van der Waals surface area contributed by atoms with Crippen molar-refractivity contribution in [1.82, 2.24) is 24.8 Å². The maximum absolute atomic E-state index is 12.1. The lowest BCUT2D eigenvalue weighted by molar-refractivity contribution is -0.287. The van der Waals surface area contributed by atoms with E-state index in [2.05, 4.69) is 25.6 Å². The molecule has 1 saturated heterocycles. The molecule has 3 heterocycles. The van der Waals surface area contributed by atoms with Crippen molar-refractivity contribution in [3.63, 3.8) is 0 Å². The van der Waals surface area contributed by atoms with Crippen LogP contribution in [0.15, 0.2) is 12.7 Å². The first-order chi connectivity index (χ1) is 14.1. The number of nitrogens with zero attached hydrogens (tertiary/aromatic N) is 4. The molecule has 30 heavy (non-hydrogen) atoms. The van der Waals surface area contributed by atoms with E-state index in [9.17, 15) is 30.0 Å². The number of urea groups is 1. The molecule has 1 fully saturated rings. The van der Waals surface area contributed by atoms with E-state index in [4.69, 9.17) is 10.5 Å². The van der Waals surface area contributed by atoms with Crippen LogP contribution in [0.1, 0.15) is 13.8 Å². The van der Waals surface area contributed by atoms with Crippen molar-refractivity contribution in [2.75, 3.05) is 11.9 Å². The number of anilines is 1. The van der Waals surface area contributed by atoms with Crippen LogP contribution >= 0.6 is 0 Å². The van der Waals surface area contributed by atoms with Gasteiger partial charge in [0.2, 0.25) is 5.91 Å². The normalized spacial score (nSPS) is 27.4. The lowest BCUT2D eigenvalue weighted by atomic mass is 10.1. The van der Waals surface area contributed by atoms with Gasteiger partial charge in [0.15, 0.2) is 23.1 Å². The summed E-state index contributed by atoms with van der Waals surface area (Å²) in [6, 6.07) is -1.79. The highest BCUT2D eigenvalue weighted by molar-refractivity contribution is 6.04. The molecule has 0 unspecified atom stereocenters. The minimum Gasteiger partial charge on any atom is -0.394 e. The molecule has 0 aliphatic carbocycles. The van der Waals surface area contributed by atoms with Crippen molar-refractivity contribution in [1.29, 1.82) is 0 Å². The van der Waals surface area contributed by atoms with Gasteiger partial charge < -0.3 is 30.9 Å². The molecule has 0 spiro atoms. The molecule has 0 radical (unpaired) electrons. The SMILES string of the molecule is CC(C)[C@H](N)C(=O)NC(=O)Nc1ncnc2c1ncn2[C@]1(O)O[C@H](CO)[C@@H](O)[C@H]1O. The number of aromatic nitrogens is 4. The standard InChI is InChI=1S/C16H23N7O7/c1-6(2)8(17)14(27)22-15(28)21-12-9-13(19-4-18-12)23(5-20-9)16(29)11(26)10(25)7(3-24)30-16/h4-8,10-11,24-26,29H,3,17H2,1-2H3,(H2,18,19,21,22,27,28)/t7-,8+,10-,11-,16-/m1/s1. The molecule has 0 bridgehead atoms. The van der Waals surface area contributed by atoms with Crippen LogP contribution in [0.5, 0.6) is 0 Å². The lowest BCUT2D eigenvalue weighted by Crippen LogP contribution is -2.47. The lowest BCUT2D eigenvalue weighted by Gasteiger charge is -2.27. The van der Waals surface area contributed by atoms with Crippen LogP contribution in [0, 0.1) is 5.92 Å². The molecule has 14 heteroatoms. The van der Waals surface area contributed by atoms with Gasteiger partial charge in [0.05, 0.1) is 12.6 Å². The number of amides is 3. The fraction of sp³-hybridized carbons (Fsp3) is 0.562. The second-order valence-electron chi connectivity index (χ2n) is 7.16. The van der Waals surface area contributed by atoms with Crippen LogP contribution in [0.25, 0.3) is 11.2 Å². The van der Waals surface area contributed by atoms with Gasteiger partial charge in [-0.2, -0.15) is 0 Å². The van der Waals surface area contributed by atoms with Crippen molar-refractivity contribution in [3.05, 3.63) is 12.7 Å². The number of fused-ring (bicyclic) bond motifs is 1. The summed E-state index contributed by atoms with van der Waals surface area (Å²) in [7, 11) is 0. The number of nitrogens with two attached hydrogens (primary N) is 1. The van der Waals surface area contributed by atoms with E-state index in [0.717, 1.165) is 17.2 Å². The minimum absolute atomic E-state index is 0.000537. The zero-order valence-corrected chi connectivity index (χ0v) is 16.1. The maximum Gasteiger partial charge on any atom is 0.327 e. The molecule has 1 aliphatic heterocycles. The second kappa shape index (κ2) is 8.17. The molecule has 14 nitrogen and oxygen atoms in total. The Morgan fingerprint density at radius 1 is 1.33 bits per heavy atom. The van der Waals surface area contributed by atoms with Gasteiger partial charge in [0.1, 0.15) is 24.9 Å². The number of nitrogens with one attached hydrogen (secondary N) is 2. The maximum atomic E-state index is 12.1. The second-order valence-corrected chi connectivity index (χ2v) is 7.16. The number of hydrogen-bond acceptors (Lipinski definition) is 11. The predicted octanol–water partition coefficient (Wildman–Crippen LogP) is -2.83. The molecular weight excluding hydrogens is 402 g/mol. The van der Waals surface area contributed by atoms with Crippen LogP contribution in [0.3, 0.4) is 0 Å². The monoisotopic (exact) mass is 425 g/mol. The quantitative estimate of drug-likeness (QED) is 0.259. The Morgan fingerprint density at radius 2 is 2.03 bits per heavy atom. The van der Waals surface area contributed by atoms with Crippen LogP contribution in [-0.4, -0.2) is 82.8 Å². The van der Waals surface area contributed by atoms with Gasteiger partial charge in [-0.1, -0.05) is 13.8 Å². The molecule has 164 valence electrons. The third-order valence-corrected chi connectivity index (χ3v) is 4.76. The smallest absolute Gasteiger partial charge is 0.327 e. The van der Waals surface area contributed by atoms with E-state index in [-0.39, 0.29) is 22.9 Å².